The third-order valence-electron chi connectivity index (χ3n) is 2.40. The maximum Gasteiger partial charge on any atom is 0.269 e. The second-order valence-corrected chi connectivity index (χ2v) is 3.47. The minimum Gasteiger partial charge on any atom is -0.364 e. The number of imidazole rings is 1. The van der Waals surface area contributed by atoms with E-state index in [0.717, 1.165) is 11.3 Å². The largest absolute Gasteiger partial charge is 0.364 e. The van der Waals surface area contributed by atoms with Crippen molar-refractivity contribution in [3.05, 3.63) is 36.4 Å². The number of nitrogens with one attached hydrogen (secondary N) is 1. The van der Waals surface area contributed by atoms with Crippen LogP contribution in [0.25, 0.3) is 16.9 Å². The third-order valence-corrected chi connectivity index (χ3v) is 2.40. The number of carbonyl (C=O) groups is 1. The summed E-state index contributed by atoms with van der Waals surface area (Å²) < 4.78 is 1.51. The minimum atomic E-state index is -0.582. The fraction of sp³-hybridized carbons (Fsp3) is 0. The first kappa shape index (κ1) is 9.52. The first-order chi connectivity index (χ1) is 8.25. The summed E-state index contributed by atoms with van der Waals surface area (Å²) in [6, 6.07) is 3.38. The lowest BCUT2D eigenvalue weighted by Crippen LogP contribution is -2.15. The molecule has 0 radical (unpaired) electrons. The van der Waals surface area contributed by atoms with E-state index < -0.39 is 5.91 Å². The molecule has 0 unspecified atom stereocenters. The van der Waals surface area contributed by atoms with Gasteiger partial charge in [0.05, 0.1) is 5.69 Å². The second-order valence-electron chi connectivity index (χ2n) is 3.47. The highest BCUT2D eigenvalue weighted by molar-refractivity contribution is 5.93. The van der Waals surface area contributed by atoms with E-state index in [2.05, 4.69) is 20.3 Å². The van der Waals surface area contributed by atoms with E-state index in [1.54, 1.807) is 30.7 Å². The Labute approximate surface area is 95.3 Å². The van der Waals surface area contributed by atoms with Crippen molar-refractivity contribution < 1.29 is 4.79 Å². The Morgan fingerprint density at radius 2 is 2.29 bits per heavy atom. The summed E-state index contributed by atoms with van der Waals surface area (Å²) >= 11 is 0. The number of fused-ring (bicyclic) bond motifs is 1. The quantitative estimate of drug-likeness (QED) is 0.654. The molecule has 84 valence electrons. The van der Waals surface area contributed by atoms with Crippen molar-refractivity contribution in [3.8, 4) is 11.3 Å². The van der Waals surface area contributed by atoms with E-state index in [1.165, 1.54) is 4.52 Å². The normalized spacial score (nSPS) is 10.8. The number of hydrogen-bond donors (Lipinski definition) is 2. The number of primary amides is 1. The van der Waals surface area contributed by atoms with Crippen LogP contribution in [-0.4, -0.2) is 30.7 Å². The Morgan fingerprint density at radius 1 is 1.41 bits per heavy atom. The third kappa shape index (κ3) is 1.44. The Bertz CT molecular complexity index is 684. The number of aromatic amines is 1. The molecule has 7 nitrogen and oxygen atoms in total. The maximum absolute atomic E-state index is 11.2. The molecular formula is C10H8N6O. The van der Waals surface area contributed by atoms with Crippen LogP contribution in [0.3, 0.4) is 0 Å². The highest BCUT2D eigenvalue weighted by Gasteiger charge is 2.12. The summed E-state index contributed by atoms with van der Waals surface area (Å²) in [5.41, 5.74) is 7.54. The Hall–Kier alpha value is -2.70. The molecule has 17 heavy (non-hydrogen) atoms. The summed E-state index contributed by atoms with van der Waals surface area (Å²) in [7, 11) is 0. The van der Waals surface area contributed by atoms with Crippen LogP contribution in [0.2, 0.25) is 0 Å². The van der Waals surface area contributed by atoms with Crippen LogP contribution in [0.5, 0.6) is 0 Å². The Morgan fingerprint density at radius 3 is 3.00 bits per heavy atom. The molecule has 0 aliphatic carbocycles. The lowest BCUT2D eigenvalue weighted by atomic mass is 10.2. The van der Waals surface area contributed by atoms with E-state index in [9.17, 15) is 4.79 Å². The molecular weight excluding hydrogens is 220 g/mol. The van der Waals surface area contributed by atoms with Gasteiger partial charge >= 0.3 is 0 Å². The predicted octanol–water partition coefficient (Wildman–Crippen LogP) is 0.218. The number of rotatable bonds is 2. The molecule has 0 aromatic carbocycles. The van der Waals surface area contributed by atoms with Gasteiger partial charge in [-0.3, -0.25) is 9.89 Å². The van der Waals surface area contributed by atoms with Crippen LogP contribution >= 0.6 is 0 Å². The molecule has 7 heteroatoms. The molecule has 3 aromatic rings. The number of H-pyrrole nitrogens is 1. The maximum atomic E-state index is 11.2. The van der Waals surface area contributed by atoms with Crippen molar-refractivity contribution in [2.45, 2.75) is 0 Å². The number of carbonyl (C=O) groups excluding carboxylic acids is 1. The van der Waals surface area contributed by atoms with Gasteiger partial charge in [0.2, 0.25) is 0 Å². The van der Waals surface area contributed by atoms with E-state index in [0.29, 0.717) is 5.65 Å². The Kier molecular flexibility index (Phi) is 1.91. The zero-order valence-corrected chi connectivity index (χ0v) is 8.66. The van der Waals surface area contributed by atoms with Crippen LogP contribution in [-0.2, 0) is 0 Å². The predicted molar refractivity (Wildman–Crippen MR) is 59.1 cm³/mol. The summed E-state index contributed by atoms with van der Waals surface area (Å²) in [5, 5.41) is 10.7. The van der Waals surface area contributed by atoms with Gasteiger partial charge in [0.1, 0.15) is 5.69 Å². The molecule has 3 N–H and O–H groups in total. The molecule has 0 aliphatic heterocycles. The molecule has 0 saturated heterocycles. The summed E-state index contributed by atoms with van der Waals surface area (Å²) in [4.78, 5) is 15.4. The molecule has 0 aliphatic rings. The molecule has 3 rings (SSSR count). The molecule has 3 aromatic heterocycles. The van der Waals surface area contributed by atoms with Gasteiger partial charge < -0.3 is 5.73 Å². The summed E-state index contributed by atoms with van der Waals surface area (Å²) in [6.07, 6.45) is 4.88. The number of hydrogen-bond acceptors (Lipinski definition) is 4. The van der Waals surface area contributed by atoms with Crippen LogP contribution in [0.1, 0.15) is 10.5 Å². The highest BCUT2D eigenvalue weighted by atomic mass is 16.1. The van der Waals surface area contributed by atoms with Crippen molar-refractivity contribution in [1.82, 2.24) is 24.8 Å². The van der Waals surface area contributed by atoms with E-state index >= 15 is 0 Å². The lowest BCUT2D eigenvalue weighted by molar-refractivity contribution is 0.0994. The average molecular weight is 228 g/mol. The van der Waals surface area contributed by atoms with Gasteiger partial charge in [-0.1, -0.05) is 0 Å². The molecule has 0 saturated carbocycles. The first-order valence-corrected chi connectivity index (χ1v) is 4.89. The van der Waals surface area contributed by atoms with Gasteiger partial charge in [-0.15, -0.1) is 0 Å². The van der Waals surface area contributed by atoms with Crippen molar-refractivity contribution in [3.63, 3.8) is 0 Å². The molecule has 0 atom stereocenters. The number of aromatic nitrogens is 5. The molecule has 3 heterocycles. The van der Waals surface area contributed by atoms with Gasteiger partial charge in [0, 0.05) is 24.2 Å². The summed E-state index contributed by atoms with van der Waals surface area (Å²) in [5.74, 6) is -0.582. The van der Waals surface area contributed by atoms with Gasteiger partial charge in [0.15, 0.2) is 5.65 Å². The van der Waals surface area contributed by atoms with Gasteiger partial charge in [-0.2, -0.15) is 10.2 Å². The second kappa shape index (κ2) is 3.41. The monoisotopic (exact) mass is 228 g/mol. The molecule has 1 amide bonds. The lowest BCUT2D eigenvalue weighted by Gasteiger charge is -2.03. The van der Waals surface area contributed by atoms with Crippen molar-refractivity contribution in [2.75, 3.05) is 0 Å². The Balaban J connectivity index is 2.35. The SMILES string of the molecule is NC(=O)c1cc(-c2ccn[nH]2)c2nccn2n1. The molecule has 0 bridgehead atoms. The van der Waals surface area contributed by atoms with Crippen LogP contribution in [0.15, 0.2) is 30.7 Å². The topological polar surface area (TPSA) is 102 Å². The molecule has 0 spiro atoms. The number of amides is 1. The fourth-order valence-corrected chi connectivity index (χ4v) is 1.64. The fourth-order valence-electron chi connectivity index (χ4n) is 1.64. The summed E-state index contributed by atoms with van der Waals surface area (Å²) in [6.45, 7) is 0. The van der Waals surface area contributed by atoms with Crippen molar-refractivity contribution in [1.29, 1.82) is 0 Å². The van der Waals surface area contributed by atoms with Crippen molar-refractivity contribution in [2.24, 2.45) is 5.73 Å². The average Bonchev–Trinajstić information content (AvgIpc) is 2.98. The zero-order chi connectivity index (χ0) is 11.8. The van der Waals surface area contributed by atoms with Crippen molar-refractivity contribution >= 4 is 11.6 Å². The van der Waals surface area contributed by atoms with Gasteiger partial charge in [-0.05, 0) is 12.1 Å². The standard InChI is InChI=1S/C10H8N6O/c11-9(17)8-5-6(7-1-2-13-14-7)10-12-3-4-16(10)15-8/h1-5H,(H2,11,17)(H,13,14). The minimum absolute atomic E-state index is 0.181. The number of nitrogens with zero attached hydrogens (tertiary/aromatic N) is 4. The number of nitrogens with two attached hydrogens (primary N) is 1. The van der Waals surface area contributed by atoms with Crippen LogP contribution < -0.4 is 5.73 Å². The van der Waals surface area contributed by atoms with E-state index in [1.807, 2.05) is 0 Å². The smallest absolute Gasteiger partial charge is 0.269 e. The van der Waals surface area contributed by atoms with Crippen LogP contribution in [0, 0.1) is 0 Å². The van der Waals surface area contributed by atoms with Gasteiger partial charge in [0.25, 0.3) is 5.91 Å². The molecule has 0 fully saturated rings. The van der Waals surface area contributed by atoms with E-state index in [-0.39, 0.29) is 5.69 Å². The highest BCUT2D eigenvalue weighted by Crippen LogP contribution is 2.21. The van der Waals surface area contributed by atoms with E-state index in [4.69, 9.17) is 5.73 Å². The van der Waals surface area contributed by atoms with Crippen LogP contribution in [0.4, 0.5) is 0 Å². The van der Waals surface area contributed by atoms with Gasteiger partial charge in [-0.25, -0.2) is 9.50 Å². The first-order valence-electron chi connectivity index (χ1n) is 4.89. The zero-order valence-electron chi connectivity index (χ0n) is 8.66.